The summed E-state index contributed by atoms with van der Waals surface area (Å²) < 4.78 is 43.9. The van der Waals surface area contributed by atoms with E-state index in [1.807, 2.05) is 12.2 Å². The van der Waals surface area contributed by atoms with Crippen molar-refractivity contribution < 1.29 is 41.8 Å². The predicted octanol–water partition coefficient (Wildman–Crippen LogP) is 1.73. The first kappa shape index (κ1) is 35.8. The first-order valence-corrected chi connectivity index (χ1v) is 19.5. The summed E-state index contributed by atoms with van der Waals surface area (Å²) >= 11 is 0. The summed E-state index contributed by atoms with van der Waals surface area (Å²) in [7, 11) is -2.32. The second-order valence-electron chi connectivity index (χ2n) is 14.1. The third-order valence-electron chi connectivity index (χ3n) is 10.4. The number of tetrazole rings is 1. The fraction of sp³-hybridized carbons (Fsp3) is 0.618. The standard InChI is InChI=1S/C34H44N8O9S/c1-49-24-13-11-21(12-14-24)29-37-40-42(38-29)23-18-27-30(43)36-34(32(45)39-52(47,48)25-15-16-25)19-22(34)8-5-3-2-4-6-9-26(31(44)41(27)20-23)35-33(46)51-28-10-7-17-50-28/h5,8,11-14,22-23,25-28H,2-4,6-7,9-10,15-20H2,1H3,(H,35,46)(H,36,43)(H,39,45)/b8-5-/t22-,23+,26-,27-,28?,34+/m0/s1. The van der Waals surface area contributed by atoms with Gasteiger partial charge in [-0.1, -0.05) is 25.0 Å². The first-order valence-electron chi connectivity index (χ1n) is 17.9. The van der Waals surface area contributed by atoms with Crippen LogP contribution in [0.4, 0.5) is 4.79 Å². The lowest BCUT2D eigenvalue weighted by Crippen LogP contribution is -2.58. The minimum absolute atomic E-state index is 0.00683. The zero-order valence-electron chi connectivity index (χ0n) is 28.9. The first-order chi connectivity index (χ1) is 25.1. The maximum Gasteiger partial charge on any atom is 0.410 e. The Labute approximate surface area is 301 Å². The molecular formula is C34H44N8O9S. The van der Waals surface area contributed by atoms with Gasteiger partial charge in [0.2, 0.25) is 34.0 Å². The zero-order chi connectivity index (χ0) is 36.5. The molecule has 1 aromatic heterocycles. The minimum atomic E-state index is -3.89. The molecule has 1 unspecified atom stereocenters. The van der Waals surface area contributed by atoms with Crippen molar-refractivity contribution in [1.29, 1.82) is 0 Å². The highest BCUT2D eigenvalue weighted by atomic mass is 32.2. The third-order valence-corrected chi connectivity index (χ3v) is 12.2. The van der Waals surface area contributed by atoms with Crippen LogP contribution in [0.15, 0.2) is 36.4 Å². The molecule has 4 heterocycles. The van der Waals surface area contributed by atoms with Gasteiger partial charge in [0, 0.05) is 30.9 Å². The fourth-order valence-corrected chi connectivity index (χ4v) is 8.48. The number of aromatic nitrogens is 4. The monoisotopic (exact) mass is 740 g/mol. The molecule has 280 valence electrons. The highest BCUT2D eigenvalue weighted by Gasteiger charge is 2.62. The molecule has 2 saturated carbocycles. The van der Waals surface area contributed by atoms with E-state index < -0.39 is 75.0 Å². The van der Waals surface area contributed by atoms with E-state index in [9.17, 15) is 27.6 Å². The second kappa shape index (κ2) is 14.8. The van der Waals surface area contributed by atoms with E-state index in [2.05, 4.69) is 30.8 Å². The predicted molar refractivity (Wildman–Crippen MR) is 183 cm³/mol. The lowest BCUT2D eigenvalue weighted by Gasteiger charge is -2.30. The molecule has 52 heavy (non-hydrogen) atoms. The number of fused-ring (bicyclic) bond motifs is 2. The van der Waals surface area contributed by atoms with Gasteiger partial charge in [-0.15, -0.1) is 10.2 Å². The molecule has 5 aliphatic rings. The summed E-state index contributed by atoms with van der Waals surface area (Å²) in [5.41, 5.74) is -0.817. The molecule has 2 aliphatic carbocycles. The number of rotatable bonds is 8. The van der Waals surface area contributed by atoms with Crippen molar-refractivity contribution in [2.24, 2.45) is 5.92 Å². The van der Waals surface area contributed by atoms with Gasteiger partial charge in [-0.3, -0.25) is 19.1 Å². The molecule has 0 bridgehead atoms. The normalized spacial score (nSPS) is 30.2. The van der Waals surface area contributed by atoms with Gasteiger partial charge >= 0.3 is 6.09 Å². The van der Waals surface area contributed by atoms with E-state index in [1.165, 1.54) is 9.70 Å². The lowest BCUT2D eigenvalue weighted by atomic mass is 10.0. The van der Waals surface area contributed by atoms with Crippen molar-refractivity contribution >= 4 is 33.8 Å². The Kier molecular flexibility index (Phi) is 10.2. The number of nitrogens with zero attached hydrogens (tertiary/aromatic N) is 5. The van der Waals surface area contributed by atoms with E-state index in [0.717, 1.165) is 19.3 Å². The number of amides is 4. The van der Waals surface area contributed by atoms with Crippen LogP contribution in [0.1, 0.15) is 76.7 Å². The molecule has 18 heteroatoms. The van der Waals surface area contributed by atoms with Crippen LogP contribution in [-0.4, -0.2) is 107 Å². The molecule has 7 rings (SSSR count). The van der Waals surface area contributed by atoms with E-state index in [1.54, 1.807) is 31.4 Å². The van der Waals surface area contributed by atoms with E-state index in [0.29, 0.717) is 62.3 Å². The molecule has 2 saturated heterocycles. The largest absolute Gasteiger partial charge is 0.497 e. The lowest BCUT2D eigenvalue weighted by molar-refractivity contribution is -0.141. The SMILES string of the molecule is COc1ccc(-c2nnn([C@@H]3C[C@H]4C(=O)N[C@]5(C(=O)NS(=O)(=O)C6CC6)C[C@@H]5/C=C\CCCCC[C@H](NC(=O)OC5CCCO5)C(=O)N4C3)n2)cc1. The van der Waals surface area contributed by atoms with Crippen LogP contribution in [0, 0.1) is 5.92 Å². The maximum absolute atomic E-state index is 14.4. The molecule has 4 amide bonds. The Balaban J connectivity index is 1.16. The van der Waals surface area contributed by atoms with Crippen LogP contribution >= 0.6 is 0 Å². The molecule has 17 nitrogen and oxygen atoms in total. The van der Waals surface area contributed by atoms with Crippen LogP contribution in [0.25, 0.3) is 11.4 Å². The average molecular weight is 741 g/mol. The number of alkyl carbamates (subject to hydrolysis) is 1. The fourth-order valence-electron chi connectivity index (χ4n) is 7.12. The van der Waals surface area contributed by atoms with Gasteiger partial charge in [0.25, 0.3) is 5.91 Å². The summed E-state index contributed by atoms with van der Waals surface area (Å²) in [5.74, 6) is -1.36. The Bertz CT molecular complexity index is 1810. The molecule has 6 atom stereocenters. The van der Waals surface area contributed by atoms with Crippen molar-refractivity contribution in [2.45, 2.75) is 106 Å². The number of allylic oxidation sites excluding steroid dienone is 1. The third kappa shape index (κ3) is 7.77. The van der Waals surface area contributed by atoms with Gasteiger partial charge < -0.3 is 29.7 Å². The van der Waals surface area contributed by atoms with Crippen molar-refractivity contribution in [1.82, 2.24) is 40.5 Å². The minimum Gasteiger partial charge on any atom is -0.497 e. The summed E-state index contributed by atoms with van der Waals surface area (Å²) in [6.45, 7) is 0.483. The Hall–Kier alpha value is -4.58. The highest BCUT2D eigenvalue weighted by Crippen LogP contribution is 2.46. The van der Waals surface area contributed by atoms with Gasteiger partial charge in [-0.05, 0) is 74.4 Å². The Morgan fingerprint density at radius 2 is 1.87 bits per heavy atom. The summed E-state index contributed by atoms with van der Waals surface area (Å²) in [5, 5.41) is 18.0. The smallest absolute Gasteiger partial charge is 0.410 e. The molecule has 3 aliphatic heterocycles. The van der Waals surface area contributed by atoms with Crippen LogP contribution < -0.4 is 20.1 Å². The molecule has 0 spiro atoms. The van der Waals surface area contributed by atoms with E-state index in [4.69, 9.17) is 14.2 Å². The van der Waals surface area contributed by atoms with E-state index in [-0.39, 0.29) is 19.4 Å². The number of methoxy groups -OCH3 is 1. The quantitative estimate of drug-likeness (QED) is 0.330. The Morgan fingerprint density at radius 1 is 1.06 bits per heavy atom. The molecule has 4 fully saturated rings. The Morgan fingerprint density at radius 3 is 2.60 bits per heavy atom. The zero-order valence-corrected chi connectivity index (χ0v) is 29.8. The van der Waals surface area contributed by atoms with Gasteiger partial charge in [0.05, 0.1) is 25.0 Å². The van der Waals surface area contributed by atoms with Crippen molar-refractivity contribution in [3.8, 4) is 17.1 Å². The number of benzene rings is 1. The number of carbonyl (C=O) groups is 4. The molecular weight excluding hydrogens is 696 g/mol. The number of ether oxygens (including phenoxy) is 3. The summed E-state index contributed by atoms with van der Waals surface area (Å²) in [6, 6.07) is 4.40. The maximum atomic E-state index is 14.4. The topological polar surface area (TPSA) is 213 Å². The van der Waals surface area contributed by atoms with Crippen LogP contribution in [0.2, 0.25) is 0 Å². The highest BCUT2D eigenvalue weighted by molar-refractivity contribution is 7.91. The summed E-state index contributed by atoms with van der Waals surface area (Å²) in [4.78, 5) is 58.1. The molecule has 2 aromatic rings. The van der Waals surface area contributed by atoms with Gasteiger partial charge in [0.1, 0.15) is 23.4 Å². The number of sulfonamides is 1. The van der Waals surface area contributed by atoms with Crippen LogP contribution in [0.5, 0.6) is 5.75 Å². The van der Waals surface area contributed by atoms with E-state index >= 15 is 0 Å². The van der Waals surface area contributed by atoms with Gasteiger partial charge in [0.15, 0.2) is 0 Å². The average Bonchev–Trinajstić information content (AvgIpc) is 3.88. The molecule has 0 radical (unpaired) electrons. The number of carbonyl (C=O) groups excluding carboxylic acids is 4. The molecule has 3 N–H and O–H groups in total. The van der Waals surface area contributed by atoms with Crippen molar-refractivity contribution in [3.63, 3.8) is 0 Å². The number of nitrogens with one attached hydrogen (secondary N) is 3. The van der Waals surface area contributed by atoms with Crippen molar-refractivity contribution in [2.75, 3.05) is 20.3 Å². The summed E-state index contributed by atoms with van der Waals surface area (Å²) in [6.07, 6.45) is 7.98. The molecule has 1 aromatic carbocycles. The second-order valence-corrected chi connectivity index (χ2v) is 16.1. The van der Waals surface area contributed by atoms with Gasteiger partial charge in [-0.2, -0.15) is 4.80 Å². The van der Waals surface area contributed by atoms with Crippen molar-refractivity contribution in [3.05, 3.63) is 36.4 Å². The van der Waals surface area contributed by atoms with Gasteiger partial charge in [-0.25, -0.2) is 13.2 Å². The van der Waals surface area contributed by atoms with Crippen LogP contribution in [0.3, 0.4) is 0 Å². The number of hydrogen-bond donors (Lipinski definition) is 3. The number of hydrogen-bond acceptors (Lipinski definition) is 12. The van der Waals surface area contributed by atoms with Crippen LogP contribution in [-0.2, 0) is 33.9 Å².